The Morgan fingerprint density at radius 3 is 2.63 bits per heavy atom. The number of rotatable bonds is 5. The average molecular weight is 298 g/mol. The lowest BCUT2D eigenvalue weighted by Gasteiger charge is -2.36. The second kappa shape index (κ2) is 7.01. The van der Waals surface area contributed by atoms with Gasteiger partial charge in [-0.2, -0.15) is 11.8 Å². The van der Waals surface area contributed by atoms with Gasteiger partial charge in [-0.05, 0) is 43.2 Å². The zero-order valence-corrected chi connectivity index (χ0v) is 13.5. The third-order valence-electron chi connectivity index (χ3n) is 4.17. The van der Waals surface area contributed by atoms with E-state index in [0.717, 1.165) is 18.1 Å². The number of thioether (sulfide) groups is 1. The molecule has 1 aromatic carbocycles. The van der Waals surface area contributed by atoms with Crippen molar-refractivity contribution in [2.45, 2.75) is 50.3 Å². The molecular formula is C16H24ClNS. The summed E-state index contributed by atoms with van der Waals surface area (Å²) in [7, 11) is 0. The average Bonchev–Trinajstić information content (AvgIpc) is 2.42. The van der Waals surface area contributed by atoms with Gasteiger partial charge < -0.3 is 5.32 Å². The van der Waals surface area contributed by atoms with Crippen LogP contribution in [-0.2, 0) is 6.54 Å². The Morgan fingerprint density at radius 1 is 1.26 bits per heavy atom. The van der Waals surface area contributed by atoms with Crippen LogP contribution in [0.5, 0.6) is 0 Å². The first-order valence-electron chi connectivity index (χ1n) is 7.16. The molecule has 0 saturated heterocycles. The van der Waals surface area contributed by atoms with E-state index in [2.05, 4.69) is 30.6 Å². The molecule has 0 atom stereocenters. The molecule has 0 radical (unpaired) electrons. The zero-order valence-electron chi connectivity index (χ0n) is 12.0. The quantitative estimate of drug-likeness (QED) is 0.837. The van der Waals surface area contributed by atoms with Crippen molar-refractivity contribution >= 4 is 23.4 Å². The molecule has 2 rings (SSSR count). The topological polar surface area (TPSA) is 12.0 Å². The minimum atomic E-state index is 0.454. The number of benzene rings is 1. The second-order valence-electron chi connectivity index (χ2n) is 5.65. The number of nitrogens with one attached hydrogen (secondary N) is 1. The van der Waals surface area contributed by atoms with Crippen LogP contribution in [0.1, 0.15) is 43.2 Å². The molecule has 3 heteroatoms. The van der Waals surface area contributed by atoms with Crippen LogP contribution in [0.3, 0.4) is 0 Å². The van der Waals surface area contributed by atoms with Crippen LogP contribution in [0.4, 0.5) is 0 Å². The fourth-order valence-electron chi connectivity index (χ4n) is 2.87. The van der Waals surface area contributed by atoms with Crippen LogP contribution in [0.15, 0.2) is 18.2 Å². The molecule has 1 aromatic rings. The monoisotopic (exact) mass is 297 g/mol. The molecule has 106 valence electrons. The molecular weight excluding hydrogens is 274 g/mol. The summed E-state index contributed by atoms with van der Waals surface area (Å²) in [5.41, 5.74) is 2.43. The van der Waals surface area contributed by atoms with Gasteiger partial charge in [0, 0.05) is 22.9 Å². The first-order chi connectivity index (χ1) is 9.15. The van der Waals surface area contributed by atoms with Crippen LogP contribution >= 0.6 is 23.4 Å². The maximum Gasteiger partial charge on any atom is 0.0453 e. The highest BCUT2D eigenvalue weighted by Gasteiger charge is 2.30. The van der Waals surface area contributed by atoms with Gasteiger partial charge in [0.2, 0.25) is 0 Å². The molecule has 0 aromatic heterocycles. The van der Waals surface area contributed by atoms with Gasteiger partial charge in [0.1, 0.15) is 0 Å². The summed E-state index contributed by atoms with van der Waals surface area (Å²) in [6.45, 7) is 4.05. The Hall–Kier alpha value is -0.180. The highest BCUT2D eigenvalue weighted by Crippen LogP contribution is 2.38. The largest absolute Gasteiger partial charge is 0.311 e. The van der Waals surface area contributed by atoms with E-state index in [1.807, 2.05) is 17.8 Å². The molecule has 0 spiro atoms. The maximum atomic E-state index is 6.27. The molecule has 1 nitrogen and oxygen atoms in total. The summed E-state index contributed by atoms with van der Waals surface area (Å²) in [5, 5.41) is 4.50. The lowest BCUT2D eigenvalue weighted by atomic mass is 9.88. The molecule has 0 aliphatic heterocycles. The van der Waals surface area contributed by atoms with Crippen LogP contribution in [-0.4, -0.2) is 17.5 Å². The summed E-state index contributed by atoms with van der Waals surface area (Å²) in [4.78, 5) is 0. The van der Waals surface area contributed by atoms with Crippen LogP contribution in [0.2, 0.25) is 5.02 Å². The van der Waals surface area contributed by atoms with Gasteiger partial charge in [-0.15, -0.1) is 0 Å². The van der Waals surface area contributed by atoms with Gasteiger partial charge in [0.15, 0.2) is 0 Å². The van der Waals surface area contributed by atoms with Crippen molar-refractivity contribution in [3.63, 3.8) is 0 Å². The molecule has 1 aliphatic rings. The molecule has 1 saturated carbocycles. The SMILES string of the molecule is CSC1(CNCc2ccc(C)cc2Cl)CCCCC1. The van der Waals surface area contributed by atoms with Gasteiger partial charge in [-0.3, -0.25) is 0 Å². The van der Waals surface area contributed by atoms with Gasteiger partial charge in [-0.25, -0.2) is 0 Å². The lowest BCUT2D eigenvalue weighted by molar-refractivity contribution is 0.379. The molecule has 1 aliphatic carbocycles. The predicted molar refractivity (Wildman–Crippen MR) is 87.2 cm³/mol. The van der Waals surface area contributed by atoms with E-state index < -0.39 is 0 Å². The molecule has 0 bridgehead atoms. The highest BCUT2D eigenvalue weighted by atomic mass is 35.5. The molecule has 0 heterocycles. The Morgan fingerprint density at radius 2 is 2.00 bits per heavy atom. The third-order valence-corrected chi connectivity index (χ3v) is 5.94. The van der Waals surface area contributed by atoms with Crippen molar-refractivity contribution in [1.82, 2.24) is 5.32 Å². The Kier molecular flexibility index (Phi) is 5.61. The summed E-state index contributed by atoms with van der Waals surface area (Å²) >= 11 is 8.31. The molecule has 0 amide bonds. The van der Waals surface area contributed by atoms with Crippen molar-refractivity contribution in [1.29, 1.82) is 0 Å². The molecule has 19 heavy (non-hydrogen) atoms. The zero-order chi connectivity index (χ0) is 13.7. The van der Waals surface area contributed by atoms with Gasteiger partial charge in [0.25, 0.3) is 0 Å². The molecule has 1 fully saturated rings. The maximum absolute atomic E-state index is 6.27. The first-order valence-corrected chi connectivity index (χ1v) is 8.76. The van der Waals surface area contributed by atoms with Crippen molar-refractivity contribution in [3.8, 4) is 0 Å². The minimum absolute atomic E-state index is 0.454. The Bertz CT molecular complexity index is 413. The number of aryl methyl sites for hydroxylation is 1. The fraction of sp³-hybridized carbons (Fsp3) is 0.625. The summed E-state index contributed by atoms with van der Waals surface area (Å²) < 4.78 is 0.454. The molecule has 0 unspecified atom stereocenters. The van der Waals surface area contributed by atoms with Gasteiger partial charge >= 0.3 is 0 Å². The normalized spacial score (nSPS) is 18.5. The standard InChI is InChI=1S/C16H24ClNS/c1-13-6-7-14(15(17)10-13)11-18-12-16(19-2)8-4-3-5-9-16/h6-7,10,18H,3-5,8-9,11-12H2,1-2H3. The van der Waals surface area contributed by atoms with E-state index in [-0.39, 0.29) is 0 Å². The summed E-state index contributed by atoms with van der Waals surface area (Å²) in [6.07, 6.45) is 9.13. The van der Waals surface area contributed by atoms with E-state index in [4.69, 9.17) is 11.6 Å². The number of halogens is 1. The minimum Gasteiger partial charge on any atom is -0.311 e. The van der Waals surface area contributed by atoms with Crippen LogP contribution in [0, 0.1) is 6.92 Å². The van der Waals surface area contributed by atoms with Gasteiger partial charge in [0.05, 0.1) is 0 Å². The number of hydrogen-bond acceptors (Lipinski definition) is 2. The van der Waals surface area contributed by atoms with Crippen LogP contribution < -0.4 is 5.32 Å². The predicted octanol–water partition coefficient (Wildman–Crippen LogP) is 4.80. The van der Waals surface area contributed by atoms with E-state index >= 15 is 0 Å². The lowest BCUT2D eigenvalue weighted by Crippen LogP contribution is -2.39. The second-order valence-corrected chi connectivity index (χ2v) is 7.33. The molecule has 1 N–H and O–H groups in total. The fourth-order valence-corrected chi connectivity index (χ4v) is 4.12. The summed E-state index contributed by atoms with van der Waals surface area (Å²) in [5.74, 6) is 0. The Balaban J connectivity index is 1.88. The first kappa shape index (κ1) is 15.2. The number of hydrogen-bond donors (Lipinski definition) is 1. The van der Waals surface area contributed by atoms with Crippen LogP contribution in [0.25, 0.3) is 0 Å². The van der Waals surface area contributed by atoms with E-state index in [0.29, 0.717) is 4.75 Å². The summed E-state index contributed by atoms with van der Waals surface area (Å²) in [6, 6.07) is 6.31. The van der Waals surface area contributed by atoms with Crippen molar-refractivity contribution in [2.24, 2.45) is 0 Å². The van der Waals surface area contributed by atoms with E-state index in [1.54, 1.807) is 0 Å². The highest BCUT2D eigenvalue weighted by molar-refractivity contribution is 8.00. The van der Waals surface area contributed by atoms with E-state index in [1.165, 1.54) is 43.2 Å². The van der Waals surface area contributed by atoms with Crippen molar-refractivity contribution in [3.05, 3.63) is 34.3 Å². The van der Waals surface area contributed by atoms with Crippen molar-refractivity contribution < 1.29 is 0 Å². The third kappa shape index (κ3) is 4.14. The van der Waals surface area contributed by atoms with Gasteiger partial charge in [-0.1, -0.05) is 43.0 Å². The Labute approximate surface area is 126 Å². The van der Waals surface area contributed by atoms with Crippen molar-refractivity contribution in [2.75, 3.05) is 12.8 Å². The smallest absolute Gasteiger partial charge is 0.0453 e. The van der Waals surface area contributed by atoms with E-state index in [9.17, 15) is 0 Å².